The highest BCUT2D eigenvalue weighted by Crippen LogP contribution is 2.03. The van der Waals surface area contributed by atoms with E-state index < -0.39 is 0 Å². The first-order chi connectivity index (χ1) is 3.83. The molecule has 3 nitrogen and oxygen atoms in total. The van der Waals surface area contributed by atoms with E-state index in [1.165, 1.54) is 0 Å². The summed E-state index contributed by atoms with van der Waals surface area (Å²) in [5.74, 6) is 0. The summed E-state index contributed by atoms with van der Waals surface area (Å²) < 4.78 is 1.69. The SMILES string of the molecule is CSc1ncn(C)n1. The van der Waals surface area contributed by atoms with Crippen molar-refractivity contribution in [3.63, 3.8) is 0 Å². The van der Waals surface area contributed by atoms with Crippen LogP contribution in [0.15, 0.2) is 11.5 Å². The molecule has 0 radical (unpaired) electrons. The average Bonchev–Trinajstić information content (AvgIpc) is 2.14. The fourth-order valence-electron chi connectivity index (χ4n) is 0.413. The van der Waals surface area contributed by atoms with Crippen LogP contribution in [0.1, 0.15) is 0 Å². The van der Waals surface area contributed by atoms with E-state index in [4.69, 9.17) is 0 Å². The number of aryl methyl sites for hydroxylation is 1. The van der Waals surface area contributed by atoms with E-state index in [-0.39, 0.29) is 0 Å². The van der Waals surface area contributed by atoms with E-state index in [1.54, 1.807) is 22.8 Å². The van der Waals surface area contributed by atoms with Crippen LogP contribution in [-0.2, 0) is 7.05 Å². The van der Waals surface area contributed by atoms with Gasteiger partial charge in [0.25, 0.3) is 0 Å². The first-order valence-corrected chi connectivity index (χ1v) is 3.45. The van der Waals surface area contributed by atoms with Gasteiger partial charge in [-0.1, -0.05) is 11.8 Å². The van der Waals surface area contributed by atoms with Gasteiger partial charge in [0.2, 0.25) is 5.16 Å². The lowest BCUT2D eigenvalue weighted by Gasteiger charge is -1.80. The molecule has 0 aliphatic heterocycles. The lowest BCUT2D eigenvalue weighted by Crippen LogP contribution is -1.85. The number of aromatic nitrogens is 3. The van der Waals surface area contributed by atoms with Gasteiger partial charge < -0.3 is 0 Å². The number of rotatable bonds is 1. The number of hydrogen-bond donors (Lipinski definition) is 0. The third kappa shape index (κ3) is 1.01. The van der Waals surface area contributed by atoms with Gasteiger partial charge >= 0.3 is 0 Å². The fraction of sp³-hybridized carbons (Fsp3) is 0.500. The molecule has 0 aliphatic rings. The summed E-state index contributed by atoms with van der Waals surface area (Å²) in [4.78, 5) is 3.95. The zero-order valence-electron chi connectivity index (χ0n) is 4.83. The highest BCUT2D eigenvalue weighted by Gasteiger charge is 1.90. The van der Waals surface area contributed by atoms with E-state index in [9.17, 15) is 0 Å². The molecule has 0 unspecified atom stereocenters. The van der Waals surface area contributed by atoms with Crippen LogP contribution in [0.25, 0.3) is 0 Å². The van der Waals surface area contributed by atoms with E-state index in [1.807, 2.05) is 13.3 Å². The van der Waals surface area contributed by atoms with Gasteiger partial charge in [-0.2, -0.15) is 0 Å². The Morgan fingerprint density at radius 3 is 2.75 bits per heavy atom. The predicted molar refractivity (Wildman–Crippen MR) is 32.8 cm³/mol. The number of nitrogens with zero attached hydrogens (tertiary/aromatic N) is 3. The summed E-state index contributed by atoms with van der Waals surface area (Å²) in [5.41, 5.74) is 0. The Bertz CT molecular complexity index is 172. The molecular formula is C4H7N3S. The van der Waals surface area contributed by atoms with Crippen LogP contribution >= 0.6 is 11.8 Å². The Kier molecular flexibility index (Phi) is 1.53. The maximum Gasteiger partial charge on any atom is 0.208 e. The smallest absolute Gasteiger partial charge is 0.208 e. The Morgan fingerprint density at radius 2 is 2.50 bits per heavy atom. The van der Waals surface area contributed by atoms with Crippen molar-refractivity contribution < 1.29 is 0 Å². The third-order valence-electron chi connectivity index (χ3n) is 0.761. The molecule has 0 fully saturated rings. The highest BCUT2D eigenvalue weighted by molar-refractivity contribution is 7.98. The zero-order valence-corrected chi connectivity index (χ0v) is 5.64. The Morgan fingerprint density at radius 1 is 1.75 bits per heavy atom. The highest BCUT2D eigenvalue weighted by atomic mass is 32.2. The molecule has 0 bridgehead atoms. The first-order valence-electron chi connectivity index (χ1n) is 2.22. The Hall–Kier alpha value is -0.510. The number of hydrogen-bond acceptors (Lipinski definition) is 3. The van der Waals surface area contributed by atoms with E-state index in [2.05, 4.69) is 10.1 Å². The van der Waals surface area contributed by atoms with Crippen molar-refractivity contribution in [2.45, 2.75) is 5.16 Å². The Balaban J connectivity index is 2.84. The third-order valence-corrected chi connectivity index (χ3v) is 1.31. The summed E-state index contributed by atoms with van der Waals surface area (Å²) in [6, 6.07) is 0. The number of thioether (sulfide) groups is 1. The minimum atomic E-state index is 0.826. The van der Waals surface area contributed by atoms with E-state index in [0.29, 0.717) is 0 Å². The van der Waals surface area contributed by atoms with Crippen molar-refractivity contribution in [3.05, 3.63) is 6.33 Å². The molecule has 0 saturated heterocycles. The molecular weight excluding hydrogens is 122 g/mol. The monoisotopic (exact) mass is 129 g/mol. The van der Waals surface area contributed by atoms with Crippen molar-refractivity contribution >= 4 is 11.8 Å². The van der Waals surface area contributed by atoms with Crippen LogP contribution in [0.2, 0.25) is 0 Å². The molecule has 8 heavy (non-hydrogen) atoms. The van der Waals surface area contributed by atoms with Crippen LogP contribution in [-0.4, -0.2) is 21.0 Å². The lowest BCUT2D eigenvalue weighted by atomic mass is 11.2. The van der Waals surface area contributed by atoms with Crippen molar-refractivity contribution in [2.24, 2.45) is 7.05 Å². The van der Waals surface area contributed by atoms with Crippen molar-refractivity contribution in [1.82, 2.24) is 14.8 Å². The van der Waals surface area contributed by atoms with Gasteiger partial charge in [0.1, 0.15) is 6.33 Å². The largest absolute Gasteiger partial charge is 0.255 e. The minimum Gasteiger partial charge on any atom is -0.255 e. The van der Waals surface area contributed by atoms with Gasteiger partial charge in [-0.05, 0) is 6.26 Å². The molecule has 1 aromatic heterocycles. The molecule has 0 aliphatic carbocycles. The fourth-order valence-corrected chi connectivity index (χ4v) is 0.776. The van der Waals surface area contributed by atoms with Crippen LogP contribution in [0, 0.1) is 0 Å². The van der Waals surface area contributed by atoms with Gasteiger partial charge in [-0.3, -0.25) is 4.68 Å². The zero-order chi connectivity index (χ0) is 5.98. The van der Waals surface area contributed by atoms with Crippen molar-refractivity contribution in [2.75, 3.05) is 6.26 Å². The molecule has 0 aromatic carbocycles. The normalized spacial score (nSPS) is 9.75. The molecule has 0 atom stereocenters. The molecule has 1 heterocycles. The van der Waals surface area contributed by atoms with Crippen LogP contribution < -0.4 is 0 Å². The quantitative estimate of drug-likeness (QED) is 0.518. The second-order valence-corrected chi connectivity index (χ2v) is 2.18. The van der Waals surface area contributed by atoms with E-state index >= 15 is 0 Å². The summed E-state index contributed by atoms with van der Waals surface area (Å²) in [6.07, 6.45) is 3.64. The summed E-state index contributed by atoms with van der Waals surface area (Å²) >= 11 is 1.55. The van der Waals surface area contributed by atoms with Gasteiger partial charge in [-0.25, -0.2) is 4.98 Å². The molecule has 4 heteroatoms. The average molecular weight is 129 g/mol. The summed E-state index contributed by atoms with van der Waals surface area (Å²) in [7, 11) is 1.85. The first kappa shape index (κ1) is 5.62. The topological polar surface area (TPSA) is 30.7 Å². The maximum atomic E-state index is 4.00. The Labute approximate surface area is 52.1 Å². The molecule has 0 spiro atoms. The standard InChI is InChI=1S/C4H7N3S/c1-7-3-5-4(6-7)8-2/h3H,1-2H3. The van der Waals surface area contributed by atoms with Gasteiger partial charge in [-0.15, -0.1) is 5.10 Å². The lowest BCUT2D eigenvalue weighted by molar-refractivity contribution is 0.738. The van der Waals surface area contributed by atoms with Gasteiger partial charge in [0.15, 0.2) is 0 Å². The predicted octanol–water partition coefficient (Wildman–Crippen LogP) is 0.537. The van der Waals surface area contributed by atoms with Crippen LogP contribution in [0.5, 0.6) is 0 Å². The van der Waals surface area contributed by atoms with Crippen LogP contribution in [0.3, 0.4) is 0 Å². The molecule has 0 amide bonds. The second kappa shape index (κ2) is 2.17. The summed E-state index contributed by atoms with van der Waals surface area (Å²) in [6.45, 7) is 0. The molecule has 1 rings (SSSR count). The van der Waals surface area contributed by atoms with Crippen molar-refractivity contribution in [3.8, 4) is 0 Å². The second-order valence-electron chi connectivity index (χ2n) is 1.40. The molecule has 44 valence electrons. The minimum absolute atomic E-state index is 0.826. The molecule has 0 N–H and O–H groups in total. The summed E-state index contributed by atoms with van der Waals surface area (Å²) in [5, 5.41) is 4.82. The van der Waals surface area contributed by atoms with Crippen LogP contribution in [0.4, 0.5) is 0 Å². The van der Waals surface area contributed by atoms with E-state index in [0.717, 1.165) is 5.16 Å². The molecule has 0 saturated carbocycles. The van der Waals surface area contributed by atoms with Gasteiger partial charge in [0, 0.05) is 7.05 Å². The van der Waals surface area contributed by atoms with Gasteiger partial charge in [0.05, 0.1) is 0 Å². The van der Waals surface area contributed by atoms with Crippen molar-refractivity contribution in [1.29, 1.82) is 0 Å². The molecule has 1 aromatic rings. The maximum absolute atomic E-state index is 4.00.